The number of nitrogens with zero attached hydrogens (tertiary/aromatic N) is 3. The maximum atomic E-state index is 14.3. The molecule has 5 nitrogen and oxygen atoms in total. The summed E-state index contributed by atoms with van der Waals surface area (Å²) in [5, 5.41) is 0. The quantitative estimate of drug-likeness (QED) is 0.671. The first-order valence-electron chi connectivity index (χ1n) is 11.8. The molecule has 4 atom stereocenters. The second-order valence-corrected chi connectivity index (χ2v) is 9.81. The summed E-state index contributed by atoms with van der Waals surface area (Å²) in [7, 11) is 3.40. The van der Waals surface area contributed by atoms with Gasteiger partial charge in [0.2, 0.25) is 0 Å². The predicted molar refractivity (Wildman–Crippen MR) is 122 cm³/mol. The number of likely N-dealkylation sites (N-methyl/N-ethyl adjacent to an activating group) is 2. The average molecular weight is 474 g/mol. The molecule has 0 N–H and O–H groups in total. The van der Waals surface area contributed by atoms with Crippen LogP contribution in [0, 0.1) is 5.82 Å². The van der Waals surface area contributed by atoms with Crippen LogP contribution in [0.1, 0.15) is 29.2 Å². The molecule has 0 radical (unpaired) electrons. The zero-order chi connectivity index (χ0) is 24.0. The lowest BCUT2D eigenvalue weighted by atomic mass is 9.87. The van der Waals surface area contributed by atoms with Crippen molar-refractivity contribution in [2.24, 2.45) is 0 Å². The van der Waals surface area contributed by atoms with Gasteiger partial charge in [-0.2, -0.15) is 0 Å². The lowest BCUT2D eigenvalue weighted by Gasteiger charge is -2.44. The van der Waals surface area contributed by atoms with Gasteiger partial charge >= 0.3 is 0 Å². The van der Waals surface area contributed by atoms with E-state index in [1.54, 1.807) is 36.0 Å². The van der Waals surface area contributed by atoms with Crippen molar-refractivity contribution >= 4 is 5.91 Å². The van der Waals surface area contributed by atoms with Crippen LogP contribution >= 0.6 is 0 Å². The third-order valence-electron chi connectivity index (χ3n) is 7.49. The summed E-state index contributed by atoms with van der Waals surface area (Å²) in [5.74, 6) is -3.29. The van der Waals surface area contributed by atoms with Crippen LogP contribution in [-0.2, 0) is 16.0 Å². The molecule has 0 unspecified atom stereocenters. The fourth-order valence-electron chi connectivity index (χ4n) is 5.84. The monoisotopic (exact) mass is 473 g/mol. The summed E-state index contributed by atoms with van der Waals surface area (Å²) < 4.78 is 48.3. The number of rotatable bonds is 2. The Kier molecular flexibility index (Phi) is 6.16. The molecule has 1 amide bonds. The van der Waals surface area contributed by atoms with Crippen LogP contribution in [0.25, 0.3) is 0 Å². The highest BCUT2D eigenvalue weighted by Crippen LogP contribution is 2.37. The van der Waals surface area contributed by atoms with Gasteiger partial charge in [0.25, 0.3) is 11.8 Å². The molecule has 2 fully saturated rings. The zero-order valence-electron chi connectivity index (χ0n) is 19.5. The van der Waals surface area contributed by atoms with Crippen molar-refractivity contribution in [1.82, 2.24) is 14.7 Å². The Labute approximate surface area is 198 Å². The molecule has 182 valence electrons. The topological polar surface area (TPSA) is 36.0 Å². The molecule has 8 heteroatoms. The van der Waals surface area contributed by atoms with Crippen molar-refractivity contribution < 1.29 is 22.7 Å². The molecular formula is C26H30F3N3O2. The van der Waals surface area contributed by atoms with Gasteiger partial charge in [0.15, 0.2) is 0 Å². The van der Waals surface area contributed by atoms with E-state index in [-0.39, 0.29) is 49.5 Å². The second-order valence-electron chi connectivity index (χ2n) is 9.81. The van der Waals surface area contributed by atoms with Gasteiger partial charge in [-0.25, -0.2) is 13.2 Å². The molecule has 3 aliphatic rings. The lowest BCUT2D eigenvalue weighted by molar-refractivity contribution is -0.154. The fourth-order valence-corrected chi connectivity index (χ4v) is 5.84. The average Bonchev–Trinajstić information content (AvgIpc) is 2.90. The predicted octanol–water partition coefficient (Wildman–Crippen LogP) is 3.34. The fraction of sp³-hybridized carbons (Fsp3) is 0.500. The van der Waals surface area contributed by atoms with Crippen molar-refractivity contribution in [2.75, 3.05) is 40.3 Å². The van der Waals surface area contributed by atoms with Gasteiger partial charge in [0.05, 0.1) is 25.7 Å². The molecule has 2 aromatic carbocycles. The van der Waals surface area contributed by atoms with Crippen LogP contribution in [0.2, 0.25) is 0 Å². The first-order chi connectivity index (χ1) is 16.2. The van der Waals surface area contributed by atoms with Crippen LogP contribution in [-0.4, -0.2) is 85.1 Å². The Morgan fingerprint density at radius 2 is 1.68 bits per heavy atom. The van der Waals surface area contributed by atoms with Crippen molar-refractivity contribution in [3.63, 3.8) is 0 Å². The van der Waals surface area contributed by atoms with Gasteiger partial charge in [0, 0.05) is 18.6 Å². The number of hydrogen-bond donors (Lipinski definition) is 0. The third kappa shape index (κ3) is 4.34. The van der Waals surface area contributed by atoms with Crippen molar-refractivity contribution in [1.29, 1.82) is 0 Å². The lowest BCUT2D eigenvalue weighted by Crippen LogP contribution is -2.58. The third-order valence-corrected chi connectivity index (χ3v) is 7.49. The first-order valence-corrected chi connectivity index (χ1v) is 11.8. The molecule has 2 aromatic rings. The number of hydrogen-bond acceptors (Lipinski definition) is 4. The minimum atomic E-state index is -2.81. The number of amides is 1. The van der Waals surface area contributed by atoms with Crippen molar-refractivity contribution in [3.8, 4) is 0 Å². The van der Waals surface area contributed by atoms with Crippen LogP contribution in [0.4, 0.5) is 13.2 Å². The summed E-state index contributed by atoms with van der Waals surface area (Å²) in [4.78, 5) is 19.0. The number of ether oxygens (including phenoxy) is 1. The minimum Gasteiger partial charge on any atom is -0.367 e. The van der Waals surface area contributed by atoms with E-state index in [0.717, 1.165) is 16.7 Å². The summed E-state index contributed by atoms with van der Waals surface area (Å²) in [5.41, 5.74) is 3.02. The Balaban J connectivity index is 1.43. The van der Waals surface area contributed by atoms with E-state index in [4.69, 9.17) is 4.74 Å². The molecular weight excluding hydrogens is 443 g/mol. The molecule has 3 heterocycles. The van der Waals surface area contributed by atoms with Gasteiger partial charge < -0.3 is 9.64 Å². The normalized spacial score (nSPS) is 29.7. The maximum Gasteiger partial charge on any atom is 0.272 e. The standard InChI is InChI=1S/C26H30F3N3O2/c1-30-15-26(28,29)16-31(2)22-14-34-23(13-21(22)30)25(33)32-12-11-17-5-3-4-6-20(17)24(32)18-7-9-19(27)10-8-18/h3-10,21-24H,11-16H2,1-2H3/t21-,22-,23+,24-/m0/s1. The van der Waals surface area contributed by atoms with E-state index in [9.17, 15) is 18.0 Å². The highest BCUT2D eigenvalue weighted by Gasteiger charge is 2.48. The number of fused-ring (bicyclic) bond motifs is 2. The first kappa shape index (κ1) is 23.3. The van der Waals surface area contributed by atoms with Crippen molar-refractivity contribution in [2.45, 2.75) is 43.0 Å². The highest BCUT2D eigenvalue weighted by molar-refractivity contribution is 5.82. The van der Waals surface area contributed by atoms with Crippen LogP contribution in [0.15, 0.2) is 48.5 Å². The summed E-state index contributed by atoms with van der Waals surface area (Å²) in [6.07, 6.45) is 0.360. The van der Waals surface area contributed by atoms with Gasteiger partial charge in [0.1, 0.15) is 11.9 Å². The Hall–Kier alpha value is -2.42. The van der Waals surface area contributed by atoms with E-state index in [0.29, 0.717) is 19.4 Å². The SMILES string of the molecule is CN1CC(F)(F)CN(C)[C@H]2C[C@H](C(=O)N3CCc4ccccc4[C@@H]3c3ccc(F)cc3)OC[C@@H]21. The molecule has 3 aliphatic heterocycles. The minimum absolute atomic E-state index is 0.144. The van der Waals surface area contributed by atoms with Crippen LogP contribution in [0.5, 0.6) is 0 Å². The van der Waals surface area contributed by atoms with Gasteiger partial charge in [-0.1, -0.05) is 36.4 Å². The van der Waals surface area contributed by atoms with E-state index < -0.39 is 12.0 Å². The van der Waals surface area contributed by atoms with Gasteiger partial charge in [-0.05, 0) is 55.8 Å². The van der Waals surface area contributed by atoms with E-state index in [1.807, 2.05) is 23.1 Å². The smallest absolute Gasteiger partial charge is 0.272 e. The number of halogens is 3. The highest BCUT2D eigenvalue weighted by atomic mass is 19.3. The number of carbonyl (C=O) groups excluding carboxylic acids is 1. The van der Waals surface area contributed by atoms with Crippen LogP contribution < -0.4 is 0 Å². The number of alkyl halides is 2. The largest absolute Gasteiger partial charge is 0.367 e. The van der Waals surface area contributed by atoms with E-state index in [2.05, 4.69) is 6.07 Å². The summed E-state index contributed by atoms with van der Waals surface area (Å²) in [6, 6.07) is 13.5. The van der Waals surface area contributed by atoms with Crippen molar-refractivity contribution in [3.05, 3.63) is 71.0 Å². The number of benzene rings is 2. The summed E-state index contributed by atoms with van der Waals surface area (Å²) in [6.45, 7) is 0.0774. The second kappa shape index (κ2) is 8.98. The molecule has 2 saturated heterocycles. The Morgan fingerprint density at radius 3 is 2.41 bits per heavy atom. The molecule has 0 aliphatic carbocycles. The molecule has 5 rings (SSSR count). The van der Waals surface area contributed by atoms with Gasteiger partial charge in [-0.3, -0.25) is 14.6 Å². The molecule has 0 bridgehead atoms. The van der Waals surface area contributed by atoms with E-state index >= 15 is 0 Å². The molecule has 34 heavy (non-hydrogen) atoms. The Bertz CT molecular complexity index is 1050. The van der Waals surface area contributed by atoms with E-state index in [1.165, 1.54) is 12.1 Å². The molecule has 0 saturated carbocycles. The molecule has 0 spiro atoms. The zero-order valence-corrected chi connectivity index (χ0v) is 19.5. The Morgan fingerprint density at radius 1 is 1.00 bits per heavy atom. The molecule has 0 aromatic heterocycles. The summed E-state index contributed by atoms with van der Waals surface area (Å²) >= 11 is 0. The van der Waals surface area contributed by atoms with Crippen LogP contribution in [0.3, 0.4) is 0 Å². The maximum absolute atomic E-state index is 14.3. The van der Waals surface area contributed by atoms with Gasteiger partial charge in [-0.15, -0.1) is 0 Å². The number of carbonyl (C=O) groups is 1.